The number of ketones is 1. The van der Waals surface area contributed by atoms with E-state index in [1.54, 1.807) is 6.08 Å². The SMILES string of the molecule is CC1(C)CC(=O)/C(=C\[C@H]2CCNC2=S)C(=O)N1. The predicted octanol–water partition coefficient (Wildman–Crippen LogP) is 0.717. The number of rotatable bonds is 1. The molecule has 2 aliphatic rings. The summed E-state index contributed by atoms with van der Waals surface area (Å²) < 4.78 is 0. The van der Waals surface area contributed by atoms with E-state index in [0.717, 1.165) is 18.0 Å². The van der Waals surface area contributed by atoms with Crippen LogP contribution in [0, 0.1) is 5.92 Å². The van der Waals surface area contributed by atoms with E-state index in [1.165, 1.54) is 0 Å². The van der Waals surface area contributed by atoms with Gasteiger partial charge in [0.15, 0.2) is 5.78 Å². The lowest BCUT2D eigenvalue weighted by Crippen LogP contribution is -2.51. The van der Waals surface area contributed by atoms with Crippen LogP contribution in [0.3, 0.4) is 0 Å². The van der Waals surface area contributed by atoms with E-state index in [0.29, 0.717) is 6.42 Å². The molecule has 0 spiro atoms. The van der Waals surface area contributed by atoms with Crippen LogP contribution in [0.25, 0.3) is 0 Å². The first-order valence-corrected chi connectivity index (χ1v) is 6.15. The number of Topliss-reactive ketones (excluding diaryl/α,β-unsaturated/α-hetero) is 1. The molecule has 17 heavy (non-hydrogen) atoms. The molecular formula is C12H16N2O2S. The minimum Gasteiger partial charge on any atom is -0.379 e. The van der Waals surface area contributed by atoms with Crippen molar-refractivity contribution in [2.75, 3.05) is 6.54 Å². The van der Waals surface area contributed by atoms with Crippen molar-refractivity contribution in [1.29, 1.82) is 0 Å². The largest absolute Gasteiger partial charge is 0.379 e. The minimum atomic E-state index is -0.445. The van der Waals surface area contributed by atoms with Gasteiger partial charge in [0, 0.05) is 24.4 Å². The quantitative estimate of drug-likeness (QED) is 0.410. The van der Waals surface area contributed by atoms with Crippen LogP contribution in [-0.2, 0) is 9.59 Å². The summed E-state index contributed by atoms with van der Waals surface area (Å²) in [6.45, 7) is 4.51. The molecule has 4 nitrogen and oxygen atoms in total. The Balaban J connectivity index is 2.21. The molecule has 0 radical (unpaired) electrons. The van der Waals surface area contributed by atoms with Crippen molar-refractivity contribution in [3.05, 3.63) is 11.6 Å². The van der Waals surface area contributed by atoms with Crippen molar-refractivity contribution in [3.63, 3.8) is 0 Å². The second-order valence-electron chi connectivity index (χ2n) is 5.20. The molecule has 2 rings (SSSR count). The first kappa shape index (κ1) is 12.2. The Kier molecular flexibility index (Phi) is 3.03. The highest BCUT2D eigenvalue weighted by Crippen LogP contribution is 2.22. The lowest BCUT2D eigenvalue weighted by Gasteiger charge is -2.31. The minimum absolute atomic E-state index is 0.0240. The van der Waals surface area contributed by atoms with Gasteiger partial charge < -0.3 is 10.6 Å². The van der Waals surface area contributed by atoms with Gasteiger partial charge in [0.25, 0.3) is 5.91 Å². The summed E-state index contributed by atoms with van der Waals surface area (Å²) in [7, 11) is 0. The normalized spacial score (nSPS) is 30.4. The maximum atomic E-state index is 11.9. The van der Waals surface area contributed by atoms with Gasteiger partial charge in [-0.1, -0.05) is 18.3 Å². The first-order valence-electron chi connectivity index (χ1n) is 5.74. The summed E-state index contributed by atoms with van der Waals surface area (Å²) in [6.07, 6.45) is 2.92. The molecule has 0 aromatic carbocycles. The van der Waals surface area contributed by atoms with Gasteiger partial charge in [-0.2, -0.15) is 0 Å². The van der Waals surface area contributed by atoms with Crippen molar-refractivity contribution in [2.24, 2.45) is 5.92 Å². The number of hydrogen-bond acceptors (Lipinski definition) is 3. The van der Waals surface area contributed by atoms with E-state index in [2.05, 4.69) is 10.6 Å². The highest BCUT2D eigenvalue weighted by atomic mass is 32.1. The van der Waals surface area contributed by atoms with Crippen LogP contribution in [0.5, 0.6) is 0 Å². The Hall–Kier alpha value is -1.23. The summed E-state index contributed by atoms with van der Waals surface area (Å²) in [5.74, 6) is -0.342. The van der Waals surface area contributed by atoms with Gasteiger partial charge in [0.2, 0.25) is 0 Å². The van der Waals surface area contributed by atoms with Crippen LogP contribution in [0.1, 0.15) is 26.7 Å². The third kappa shape index (κ3) is 2.54. The summed E-state index contributed by atoms with van der Waals surface area (Å²) in [6, 6.07) is 0. The van der Waals surface area contributed by atoms with Crippen LogP contribution in [0.4, 0.5) is 0 Å². The molecule has 0 bridgehead atoms. The number of piperidine rings is 1. The zero-order valence-corrected chi connectivity index (χ0v) is 10.8. The van der Waals surface area contributed by atoms with Crippen LogP contribution in [0.2, 0.25) is 0 Å². The second-order valence-corrected chi connectivity index (χ2v) is 5.64. The van der Waals surface area contributed by atoms with E-state index in [9.17, 15) is 9.59 Å². The van der Waals surface area contributed by atoms with E-state index in [-0.39, 0.29) is 23.2 Å². The molecule has 0 aromatic heterocycles. The molecular weight excluding hydrogens is 236 g/mol. The van der Waals surface area contributed by atoms with Crippen LogP contribution < -0.4 is 10.6 Å². The van der Waals surface area contributed by atoms with Gasteiger partial charge >= 0.3 is 0 Å². The molecule has 2 heterocycles. The Bertz CT molecular complexity index is 404. The molecule has 0 aromatic rings. The second kappa shape index (κ2) is 4.22. The van der Waals surface area contributed by atoms with Crippen LogP contribution in [-0.4, -0.2) is 28.8 Å². The van der Waals surface area contributed by atoms with Gasteiger partial charge in [0.1, 0.15) is 0 Å². The van der Waals surface area contributed by atoms with E-state index in [4.69, 9.17) is 12.2 Å². The van der Waals surface area contributed by atoms with Crippen molar-refractivity contribution < 1.29 is 9.59 Å². The maximum Gasteiger partial charge on any atom is 0.255 e. The molecule has 5 heteroatoms. The standard InChI is InChI=1S/C12H16N2O2S/c1-12(2)6-9(15)8(10(16)14-12)5-7-3-4-13-11(7)17/h5,7H,3-4,6H2,1-2H3,(H,13,17)(H,14,16)/b8-5+/t7-/m1/s1. The average Bonchev–Trinajstić information content (AvgIpc) is 2.56. The molecule has 1 atom stereocenters. The fourth-order valence-electron chi connectivity index (χ4n) is 2.18. The molecule has 2 fully saturated rings. The summed E-state index contributed by atoms with van der Waals surface area (Å²) in [4.78, 5) is 24.5. The number of carbonyl (C=O) groups is 2. The zero-order valence-electron chi connectivity index (χ0n) is 10.0. The molecule has 0 unspecified atom stereocenters. The molecule has 2 aliphatic heterocycles. The maximum absolute atomic E-state index is 11.9. The first-order chi connectivity index (χ1) is 7.89. The fraction of sp³-hybridized carbons (Fsp3) is 0.583. The third-order valence-corrected chi connectivity index (χ3v) is 3.51. The summed E-state index contributed by atoms with van der Waals surface area (Å²) in [5, 5.41) is 5.88. The van der Waals surface area contributed by atoms with Gasteiger partial charge in [-0.3, -0.25) is 9.59 Å². The van der Waals surface area contributed by atoms with Crippen LogP contribution in [0.15, 0.2) is 11.6 Å². The van der Waals surface area contributed by atoms with Gasteiger partial charge in [-0.05, 0) is 20.3 Å². The lowest BCUT2D eigenvalue weighted by molar-refractivity contribution is -0.127. The van der Waals surface area contributed by atoms with Gasteiger partial charge in [-0.25, -0.2) is 0 Å². The predicted molar refractivity (Wildman–Crippen MR) is 68.6 cm³/mol. The molecule has 2 N–H and O–H groups in total. The highest BCUT2D eigenvalue weighted by molar-refractivity contribution is 7.80. The van der Waals surface area contributed by atoms with E-state index in [1.807, 2.05) is 13.8 Å². The number of nitrogens with one attached hydrogen (secondary N) is 2. The molecule has 92 valence electrons. The van der Waals surface area contributed by atoms with Crippen LogP contribution >= 0.6 is 12.2 Å². The third-order valence-electron chi connectivity index (χ3n) is 3.06. The number of amides is 1. The summed E-state index contributed by atoms with van der Waals surface area (Å²) >= 11 is 5.13. The number of thiocarbonyl (C=S) groups is 1. The van der Waals surface area contributed by atoms with Crippen molar-refractivity contribution in [2.45, 2.75) is 32.2 Å². The Morgan fingerprint density at radius 3 is 2.65 bits per heavy atom. The topological polar surface area (TPSA) is 58.2 Å². The monoisotopic (exact) mass is 252 g/mol. The van der Waals surface area contributed by atoms with E-state index >= 15 is 0 Å². The lowest BCUT2D eigenvalue weighted by atomic mass is 9.87. The van der Waals surface area contributed by atoms with E-state index < -0.39 is 5.54 Å². The van der Waals surface area contributed by atoms with Gasteiger partial charge in [-0.15, -0.1) is 0 Å². The summed E-state index contributed by atoms with van der Waals surface area (Å²) in [5.41, 5.74) is -0.180. The van der Waals surface area contributed by atoms with Crippen molar-refractivity contribution >= 4 is 28.9 Å². The highest BCUT2D eigenvalue weighted by Gasteiger charge is 2.35. The Labute approximate surface area is 106 Å². The molecule has 2 saturated heterocycles. The zero-order chi connectivity index (χ0) is 12.6. The average molecular weight is 252 g/mol. The van der Waals surface area contributed by atoms with Crippen molar-refractivity contribution in [3.8, 4) is 0 Å². The number of hydrogen-bond donors (Lipinski definition) is 2. The molecule has 1 amide bonds. The Morgan fingerprint density at radius 1 is 1.41 bits per heavy atom. The fourth-order valence-corrected chi connectivity index (χ4v) is 2.47. The number of carbonyl (C=O) groups excluding carboxylic acids is 2. The van der Waals surface area contributed by atoms with Gasteiger partial charge in [0.05, 0.1) is 10.6 Å². The Morgan fingerprint density at radius 2 is 2.12 bits per heavy atom. The molecule has 0 aliphatic carbocycles. The van der Waals surface area contributed by atoms with Crippen molar-refractivity contribution in [1.82, 2.24) is 10.6 Å². The molecule has 0 saturated carbocycles. The smallest absolute Gasteiger partial charge is 0.255 e.